The predicted octanol–water partition coefficient (Wildman–Crippen LogP) is 4.62. The lowest BCUT2D eigenvalue weighted by Crippen LogP contribution is -2.13. The minimum absolute atomic E-state index is 0.0615. The molecular weight excluding hydrogens is 334 g/mol. The summed E-state index contributed by atoms with van der Waals surface area (Å²) in [4.78, 5) is 12.1. The van der Waals surface area contributed by atoms with Crippen molar-refractivity contribution in [3.05, 3.63) is 72.3 Å². The first-order valence-electron chi connectivity index (χ1n) is 8.14. The molecule has 0 aliphatic heterocycles. The Bertz CT molecular complexity index is 1010. The van der Waals surface area contributed by atoms with Gasteiger partial charge in [0.1, 0.15) is 0 Å². The van der Waals surface area contributed by atoms with Crippen LogP contribution in [-0.4, -0.2) is 14.2 Å². The molecule has 0 aliphatic rings. The van der Waals surface area contributed by atoms with Crippen molar-refractivity contribution in [3.8, 4) is 0 Å². The second kappa shape index (κ2) is 7.07. The maximum absolute atomic E-state index is 12.6. The van der Waals surface area contributed by atoms with Gasteiger partial charge in [-0.2, -0.15) is 0 Å². The first-order chi connectivity index (χ1) is 12.0. The number of hydrogen-bond donors (Lipinski definition) is 1. The van der Waals surface area contributed by atoms with Crippen LogP contribution in [0, 0.1) is 0 Å². The van der Waals surface area contributed by atoms with E-state index in [9.17, 15) is 13.2 Å². The summed E-state index contributed by atoms with van der Waals surface area (Å²) in [5, 5.41) is 1.85. The van der Waals surface area contributed by atoms with Crippen molar-refractivity contribution in [2.24, 2.45) is 0 Å². The molecule has 128 valence electrons. The van der Waals surface area contributed by atoms with Crippen LogP contribution in [0.2, 0.25) is 0 Å². The van der Waals surface area contributed by atoms with Gasteiger partial charge >= 0.3 is 0 Å². The molecule has 4 nitrogen and oxygen atoms in total. The first-order valence-corrected chi connectivity index (χ1v) is 9.63. The maximum Gasteiger partial charge on any atom is 0.261 e. The van der Waals surface area contributed by atoms with Gasteiger partial charge in [-0.15, -0.1) is 0 Å². The van der Waals surface area contributed by atoms with E-state index >= 15 is 0 Å². The molecule has 0 atom stereocenters. The lowest BCUT2D eigenvalue weighted by atomic mass is 10.1. The highest BCUT2D eigenvalue weighted by Crippen LogP contribution is 2.22. The van der Waals surface area contributed by atoms with Gasteiger partial charge < -0.3 is 0 Å². The van der Waals surface area contributed by atoms with Gasteiger partial charge in [-0.3, -0.25) is 9.52 Å². The Labute approximate surface area is 147 Å². The molecule has 0 saturated carbocycles. The number of carbonyl (C=O) groups excluding carboxylic acids is 1. The Morgan fingerprint density at radius 3 is 2.28 bits per heavy atom. The van der Waals surface area contributed by atoms with E-state index in [-0.39, 0.29) is 10.7 Å². The zero-order valence-corrected chi connectivity index (χ0v) is 14.7. The number of sulfonamides is 1. The van der Waals surface area contributed by atoms with Gasteiger partial charge in [-0.1, -0.05) is 37.3 Å². The fourth-order valence-electron chi connectivity index (χ4n) is 2.64. The molecule has 0 fully saturated rings. The molecule has 0 aromatic heterocycles. The third kappa shape index (κ3) is 3.88. The van der Waals surface area contributed by atoms with Crippen LogP contribution < -0.4 is 4.72 Å². The second-order valence-corrected chi connectivity index (χ2v) is 7.55. The molecule has 3 aromatic rings. The fourth-order valence-corrected chi connectivity index (χ4v) is 3.74. The van der Waals surface area contributed by atoms with E-state index < -0.39 is 10.0 Å². The zero-order valence-electron chi connectivity index (χ0n) is 13.9. The molecule has 0 saturated heterocycles. The largest absolute Gasteiger partial charge is 0.294 e. The van der Waals surface area contributed by atoms with E-state index in [2.05, 4.69) is 4.72 Å². The fraction of sp³-hybridized carbons (Fsp3) is 0.150. The summed E-state index contributed by atoms with van der Waals surface area (Å²) in [7, 11) is -3.68. The van der Waals surface area contributed by atoms with Crippen LogP contribution in [0.1, 0.15) is 30.1 Å². The minimum Gasteiger partial charge on any atom is -0.294 e. The zero-order chi connectivity index (χ0) is 17.9. The number of Topliss-reactive ketones (excluding diaryl/α,β-unsaturated/α-hetero) is 1. The molecular formula is C20H19NO3S. The third-order valence-corrected chi connectivity index (χ3v) is 5.35. The quantitative estimate of drug-likeness (QED) is 0.658. The molecule has 0 amide bonds. The number of fused-ring (bicyclic) bond motifs is 1. The van der Waals surface area contributed by atoms with Crippen molar-refractivity contribution in [3.63, 3.8) is 0 Å². The number of benzene rings is 3. The minimum atomic E-state index is -3.68. The van der Waals surface area contributed by atoms with E-state index in [4.69, 9.17) is 0 Å². The highest BCUT2D eigenvalue weighted by molar-refractivity contribution is 7.92. The van der Waals surface area contributed by atoms with Crippen LogP contribution in [-0.2, 0) is 10.0 Å². The highest BCUT2D eigenvalue weighted by atomic mass is 32.2. The van der Waals surface area contributed by atoms with Crippen molar-refractivity contribution in [1.29, 1.82) is 0 Å². The Hall–Kier alpha value is -2.66. The lowest BCUT2D eigenvalue weighted by Gasteiger charge is -2.09. The molecule has 0 spiro atoms. The van der Waals surface area contributed by atoms with Gasteiger partial charge in [0, 0.05) is 17.7 Å². The van der Waals surface area contributed by atoms with Gasteiger partial charge in [0.05, 0.1) is 4.90 Å². The lowest BCUT2D eigenvalue weighted by molar-refractivity contribution is 0.0982. The van der Waals surface area contributed by atoms with Gasteiger partial charge in [0.25, 0.3) is 10.0 Å². The number of nitrogens with one attached hydrogen (secondary N) is 1. The smallest absolute Gasteiger partial charge is 0.261 e. The van der Waals surface area contributed by atoms with Crippen molar-refractivity contribution < 1.29 is 13.2 Å². The average Bonchev–Trinajstić information content (AvgIpc) is 2.62. The third-order valence-electron chi connectivity index (χ3n) is 3.97. The summed E-state index contributed by atoms with van der Waals surface area (Å²) >= 11 is 0. The topological polar surface area (TPSA) is 63.2 Å². The van der Waals surface area contributed by atoms with E-state index in [1.807, 2.05) is 31.2 Å². The van der Waals surface area contributed by atoms with Crippen LogP contribution in [0.5, 0.6) is 0 Å². The first kappa shape index (κ1) is 17.2. The Morgan fingerprint density at radius 1 is 0.920 bits per heavy atom. The number of rotatable bonds is 6. The Kier molecular flexibility index (Phi) is 4.86. The molecule has 0 heterocycles. The Balaban J connectivity index is 1.84. The SMILES string of the molecule is CCCC(=O)c1ccc(NS(=O)(=O)c2ccc3ccccc3c2)cc1. The molecule has 3 aromatic carbocycles. The van der Waals surface area contributed by atoms with Gasteiger partial charge in [-0.05, 0) is 53.6 Å². The van der Waals surface area contributed by atoms with Crippen LogP contribution in [0.15, 0.2) is 71.6 Å². The molecule has 0 radical (unpaired) electrons. The van der Waals surface area contributed by atoms with Gasteiger partial charge in [0.2, 0.25) is 0 Å². The van der Waals surface area contributed by atoms with Crippen LogP contribution in [0.25, 0.3) is 10.8 Å². The van der Waals surface area contributed by atoms with Crippen molar-refractivity contribution in [1.82, 2.24) is 0 Å². The molecule has 0 bridgehead atoms. The summed E-state index contributed by atoms with van der Waals surface area (Å²) in [6, 6.07) is 19.1. The molecule has 0 unspecified atom stereocenters. The summed E-state index contributed by atoms with van der Waals surface area (Å²) in [6.45, 7) is 1.95. The standard InChI is InChI=1S/C20H19NO3S/c1-2-5-20(22)16-8-11-18(12-9-16)21-25(23,24)19-13-10-15-6-3-4-7-17(15)14-19/h3-4,6-14,21H,2,5H2,1H3. The van der Waals surface area contributed by atoms with E-state index in [0.29, 0.717) is 17.7 Å². The molecule has 5 heteroatoms. The van der Waals surface area contributed by atoms with E-state index in [0.717, 1.165) is 17.2 Å². The predicted molar refractivity (Wildman–Crippen MR) is 100 cm³/mol. The van der Waals surface area contributed by atoms with Crippen molar-refractivity contribution in [2.75, 3.05) is 4.72 Å². The normalized spacial score (nSPS) is 11.4. The number of carbonyl (C=O) groups is 1. The van der Waals surface area contributed by atoms with Gasteiger partial charge in [0.15, 0.2) is 5.78 Å². The second-order valence-electron chi connectivity index (χ2n) is 5.86. The average molecular weight is 353 g/mol. The summed E-state index contributed by atoms with van der Waals surface area (Å²) in [6.07, 6.45) is 1.28. The summed E-state index contributed by atoms with van der Waals surface area (Å²) in [5.41, 5.74) is 1.02. The molecule has 25 heavy (non-hydrogen) atoms. The number of anilines is 1. The summed E-state index contributed by atoms with van der Waals surface area (Å²) < 4.78 is 27.7. The van der Waals surface area contributed by atoms with Crippen LogP contribution >= 0.6 is 0 Å². The number of ketones is 1. The summed E-state index contributed by atoms with van der Waals surface area (Å²) in [5.74, 6) is 0.0615. The number of hydrogen-bond acceptors (Lipinski definition) is 3. The van der Waals surface area contributed by atoms with Crippen molar-refractivity contribution >= 4 is 32.3 Å². The highest BCUT2D eigenvalue weighted by Gasteiger charge is 2.15. The van der Waals surface area contributed by atoms with Crippen molar-refractivity contribution in [2.45, 2.75) is 24.7 Å². The monoisotopic (exact) mass is 353 g/mol. The van der Waals surface area contributed by atoms with Crippen LogP contribution in [0.4, 0.5) is 5.69 Å². The molecule has 1 N–H and O–H groups in total. The van der Waals surface area contributed by atoms with Crippen LogP contribution in [0.3, 0.4) is 0 Å². The Morgan fingerprint density at radius 2 is 1.60 bits per heavy atom. The van der Waals surface area contributed by atoms with E-state index in [1.165, 1.54) is 0 Å². The maximum atomic E-state index is 12.6. The molecule has 3 rings (SSSR count). The van der Waals surface area contributed by atoms with E-state index in [1.54, 1.807) is 42.5 Å². The van der Waals surface area contributed by atoms with Gasteiger partial charge in [-0.25, -0.2) is 8.42 Å². The molecule has 0 aliphatic carbocycles.